The van der Waals surface area contributed by atoms with Crippen molar-refractivity contribution in [3.05, 3.63) is 18.4 Å². The summed E-state index contributed by atoms with van der Waals surface area (Å²) in [5, 5.41) is 4.34. The van der Waals surface area contributed by atoms with Gasteiger partial charge in [-0.25, -0.2) is 0 Å². The highest BCUT2D eigenvalue weighted by molar-refractivity contribution is 5.85. The van der Waals surface area contributed by atoms with Crippen molar-refractivity contribution in [1.82, 2.24) is 34.4 Å². The summed E-state index contributed by atoms with van der Waals surface area (Å²) in [4.78, 5) is 33.2. The Kier molecular flexibility index (Phi) is 5.64. The third kappa shape index (κ3) is 3.88. The smallest absolute Gasteiger partial charge is 0.259 e. The van der Waals surface area contributed by atoms with Gasteiger partial charge in [0.1, 0.15) is 6.04 Å². The quantitative estimate of drug-likeness (QED) is 0.605. The second-order valence-electron chi connectivity index (χ2n) is 8.38. The van der Waals surface area contributed by atoms with Gasteiger partial charge in [-0.2, -0.15) is 19.5 Å². The third-order valence-electron chi connectivity index (χ3n) is 6.27. The van der Waals surface area contributed by atoms with Crippen molar-refractivity contribution < 1.29 is 9.21 Å². The van der Waals surface area contributed by atoms with Crippen molar-refractivity contribution in [2.75, 3.05) is 49.9 Å². The largest absolute Gasteiger partial charge is 0.461 e. The summed E-state index contributed by atoms with van der Waals surface area (Å²) in [6.45, 7) is 7.43. The van der Waals surface area contributed by atoms with Crippen LogP contribution in [0.15, 0.2) is 22.8 Å². The van der Waals surface area contributed by atoms with E-state index in [2.05, 4.69) is 31.9 Å². The molecule has 2 aliphatic heterocycles. The summed E-state index contributed by atoms with van der Waals surface area (Å²) in [5.41, 5.74) is 6.16. The average molecular weight is 440 g/mol. The molecule has 0 bridgehead atoms. The second kappa shape index (κ2) is 8.73. The number of fused-ring (bicyclic) bond motifs is 1. The van der Waals surface area contributed by atoms with Crippen LogP contribution in [0.3, 0.4) is 0 Å². The first kappa shape index (κ1) is 20.7. The van der Waals surface area contributed by atoms with Crippen molar-refractivity contribution in [1.29, 1.82) is 0 Å². The van der Waals surface area contributed by atoms with Gasteiger partial charge in [0.15, 0.2) is 5.76 Å². The van der Waals surface area contributed by atoms with Gasteiger partial charge in [-0.05, 0) is 37.9 Å². The highest BCUT2D eigenvalue weighted by Crippen LogP contribution is 2.26. The van der Waals surface area contributed by atoms with Crippen LogP contribution in [0.5, 0.6) is 0 Å². The van der Waals surface area contributed by atoms with Gasteiger partial charge >= 0.3 is 0 Å². The number of unbranched alkanes of at least 4 members (excludes halogenated alkanes) is 1. The lowest BCUT2D eigenvalue weighted by Gasteiger charge is -2.37. The highest BCUT2D eigenvalue weighted by atomic mass is 16.3. The van der Waals surface area contributed by atoms with Gasteiger partial charge in [0, 0.05) is 32.7 Å². The van der Waals surface area contributed by atoms with Crippen LogP contribution in [0.25, 0.3) is 17.4 Å². The first-order valence-electron chi connectivity index (χ1n) is 11.4. The number of furan rings is 1. The normalized spacial score (nSPS) is 19.8. The fourth-order valence-corrected chi connectivity index (χ4v) is 4.48. The standard InChI is InChI=1S/C21H29N9O2/c1-2-3-8-27-10-12-28(13-11-27)18(31)15-6-4-9-29(15)20-24-19(22)30-21(25-20)23-17(26-30)16-7-5-14-32-16/h5,7,14-15H,2-4,6,8-13H2,1H3,(H2,22,23,24,25,26)/t15-/m0/s1. The topological polar surface area (TPSA) is 122 Å². The van der Waals surface area contributed by atoms with Crippen molar-refractivity contribution in [3.8, 4) is 11.6 Å². The maximum Gasteiger partial charge on any atom is 0.259 e. The molecule has 170 valence electrons. The zero-order chi connectivity index (χ0) is 22.1. The molecule has 11 nitrogen and oxygen atoms in total. The van der Waals surface area contributed by atoms with Crippen molar-refractivity contribution in [2.45, 2.75) is 38.6 Å². The van der Waals surface area contributed by atoms with Gasteiger partial charge in [-0.1, -0.05) is 13.3 Å². The van der Waals surface area contributed by atoms with Gasteiger partial charge in [0.25, 0.3) is 5.78 Å². The number of piperazine rings is 1. The van der Waals surface area contributed by atoms with E-state index >= 15 is 0 Å². The van der Waals surface area contributed by atoms with Crippen LogP contribution in [-0.4, -0.2) is 85.6 Å². The van der Waals surface area contributed by atoms with Gasteiger partial charge < -0.3 is 20.0 Å². The van der Waals surface area contributed by atoms with Crippen LogP contribution in [0.2, 0.25) is 0 Å². The molecule has 0 radical (unpaired) electrons. The molecule has 0 aliphatic carbocycles. The summed E-state index contributed by atoms with van der Waals surface area (Å²) in [5.74, 6) is 2.01. The minimum Gasteiger partial charge on any atom is -0.461 e. The summed E-state index contributed by atoms with van der Waals surface area (Å²) < 4.78 is 6.77. The summed E-state index contributed by atoms with van der Waals surface area (Å²) >= 11 is 0. The van der Waals surface area contributed by atoms with Gasteiger partial charge in [-0.15, -0.1) is 5.10 Å². The predicted molar refractivity (Wildman–Crippen MR) is 119 cm³/mol. The number of hydrogen-bond donors (Lipinski definition) is 1. The Morgan fingerprint density at radius 2 is 2.03 bits per heavy atom. The predicted octanol–water partition coefficient (Wildman–Crippen LogP) is 1.27. The van der Waals surface area contributed by atoms with Crippen LogP contribution in [0, 0.1) is 0 Å². The van der Waals surface area contributed by atoms with Crippen molar-refractivity contribution in [3.63, 3.8) is 0 Å². The van der Waals surface area contributed by atoms with Gasteiger partial charge in [0.2, 0.25) is 23.6 Å². The Morgan fingerprint density at radius 3 is 2.78 bits per heavy atom. The van der Waals surface area contributed by atoms with Crippen LogP contribution in [0.4, 0.5) is 11.9 Å². The Morgan fingerprint density at radius 1 is 1.19 bits per heavy atom. The first-order valence-corrected chi connectivity index (χ1v) is 11.4. The molecule has 32 heavy (non-hydrogen) atoms. The number of rotatable bonds is 6. The zero-order valence-electron chi connectivity index (χ0n) is 18.4. The minimum absolute atomic E-state index is 0.150. The van der Waals surface area contributed by atoms with E-state index in [0.717, 1.165) is 45.6 Å². The Bertz CT molecular complexity index is 1070. The van der Waals surface area contributed by atoms with E-state index in [-0.39, 0.29) is 17.9 Å². The van der Waals surface area contributed by atoms with Crippen LogP contribution >= 0.6 is 0 Å². The maximum absolute atomic E-state index is 13.3. The van der Waals surface area contributed by atoms with E-state index in [1.165, 1.54) is 17.4 Å². The molecule has 1 atom stereocenters. The van der Waals surface area contributed by atoms with E-state index in [1.54, 1.807) is 18.4 Å². The van der Waals surface area contributed by atoms with E-state index in [0.29, 0.717) is 29.9 Å². The molecule has 2 saturated heterocycles. The molecule has 2 aliphatic rings. The molecular formula is C21H29N9O2. The number of nitrogen functional groups attached to an aromatic ring is 1. The molecule has 0 unspecified atom stereocenters. The number of carbonyl (C=O) groups excluding carboxylic acids is 1. The number of nitrogens with zero attached hydrogens (tertiary/aromatic N) is 8. The number of anilines is 2. The third-order valence-corrected chi connectivity index (χ3v) is 6.27. The van der Waals surface area contributed by atoms with Crippen LogP contribution in [-0.2, 0) is 4.79 Å². The Balaban J connectivity index is 1.33. The lowest BCUT2D eigenvalue weighted by molar-refractivity contribution is -0.134. The summed E-state index contributed by atoms with van der Waals surface area (Å²) in [6.07, 6.45) is 5.65. The second-order valence-corrected chi connectivity index (χ2v) is 8.38. The van der Waals surface area contributed by atoms with Crippen molar-refractivity contribution >= 4 is 23.6 Å². The molecular weight excluding hydrogens is 410 g/mol. The van der Waals surface area contributed by atoms with Gasteiger partial charge in [0.05, 0.1) is 6.26 Å². The number of aromatic nitrogens is 5. The fourth-order valence-electron chi connectivity index (χ4n) is 4.48. The molecule has 3 aromatic rings. The molecule has 3 aromatic heterocycles. The number of nitrogens with two attached hydrogens (primary N) is 1. The molecule has 2 fully saturated rings. The molecule has 5 rings (SSSR count). The lowest BCUT2D eigenvalue weighted by Crippen LogP contribution is -2.54. The molecule has 2 N–H and O–H groups in total. The van der Waals surface area contributed by atoms with E-state index in [9.17, 15) is 4.79 Å². The number of hydrogen-bond acceptors (Lipinski definition) is 9. The molecule has 11 heteroatoms. The van der Waals surface area contributed by atoms with E-state index in [1.807, 2.05) is 9.80 Å². The van der Waals surface area contributed by atoms with Crippen LogP contribution < -0.4 is 10.6 Å². The maximum atomic E-state index is 13.3. The monoisotopic (exact) mass is 439 g/mol. The zero-order valence-corrected chi connectivity index (χ0v) is 18.4. The SMILES string of the molecule is CCCCN1CCN(C(=O)[C@@H]2CCCN2c2nc(N)n3nc(-c4ccco4)nc3n2)CC1. The molecule has 1 amide bonds. The van der Waals surface area contributed by atoms with E-state index in [4.69, 9.17) is 10.2 Å². The van der Waals surface area contributed by atoms with Crippen molar-refractivity contribution in [2.24, 2.45) is 0 Å². The lowest BCUT2D eigenvalue weighted by atomic mass is 10.1. The minimum atomic E-state index is -0.272. The van der Waals surface area contributed by atoms with Crippen LogP contribution in [0.1, 0.15) is 32.6 Å². The highest BCUT2D eigenvalue weighted by Gasteiger charge is 2.36. The summed E-state index contributed by atoms with van der Waals surface area (Å²) in [6, 6.07) is 3.27. The molecule has 5 heterocycles. The Hall–Kier alpha value is -3.21. The molecule has 0 spiro atoms. The summed E-state index contributed by atoms with van der Waals surface area (Å²) in [7, 11) is 0. The van der Waals surface area contributed by atoms with Gasteiger partial charge in [-0.3, -0.25) is 9.69 Å². The first-order chi connectivity index (χ1) is 15.6. The fraction of sp³-hybridized carbons (Fsp3) is 0.571. The number of carbonyl (C=O) groups is 1. The molecule has 0 saturated carbocycles. The number of amides is 1. The van der Waals surface area contributed by atoms with E-state index < -0.39 is 0 Å². The Labute approximate surface area is 186 Å². The molecule has 0 aromatic carbocycles. The average Bonchev–Trinajstić information content (AvgIpc) is 3.57.